The van der Waals surface area contributed by atoms with Crippen molar-refractivity contribution in [1.29, 1.82) is 0 Å². The van der Waals surface area contributed by atoms with Crippen molar-refractivity contribution in [3.8, 4) is 11.3 Å². The highest BCUT2D eigenvalue weighted by atomic mass is 15.1. The third kappa shape index (κ3) is 1.80. The fraction of sp³-hybridized carbons (Fsp3) is 0.308. The second-order valence-corrected chi connectivity index (χ2v) is 4.19. The smallest absolute Gasteiger partial charge is 0.0926 e. The molecular formula is C13H16N2. The lowest BCUT2D eigenvalue weighted by Gasteiger charge is -2.07. The average molecular weight is 200 g/mol. The molecular weight excluding hydrogens is 184 g/mol. The maximum atomic E-state index is 4.29. The number of aromatic nitrogens is 2. The second-order valence-electron chi connectivity index (χ2n) is 4.19. The summed E-state index contributed by atoms with van der Waals surface area (Å²) in [6, 6.07) is 6.51. The first-order chi connectivity index (χ1) is 7.08. The first kappa shape index (κ1) is 9.97. The minimum absolute atomic E-state index is 1.04. The van der Waals surface area contributed by atoms with E-state index in [2.05, 4.69) is 49.2 Å². The molecule has 15 heavy (non-hydrogen) atoms. The van der Waals surface area contributed by atoms with Crippen LogP contribution in [0.1, 0.15) is 22.4 Å². The van der Waals surface area contributed by atoms with E-state index in [1.165, 1.54) is 22.3 Å². The zero-order valence-electron chi connectivity index (χ0n) is 9.68. The van der Waals surface area contributed by atoms with Crippen LogP contribution in [0.5, 0.6) is 0 Å². The van der Waals surface area contributed by atoms with E-state index in [0.29, 0.717) is 0 Å². The first-order valence-corrected chi connectivity index (χ1v) is 5.18. The SMILES string of the molecule is Cc1cc(-c2cc(C)c(C)cc2C)n[nH]1. The Morgan fingerprint density at radius 3 is 2.13 bits per heavy atom. The Kier molecular flexibility index (Phi) is 2.35. The van der Waals surface area contributed by atoms with Gasteiger partial charge in [-0.05, 0) is 56.5 Å². The fourth-order valence-electron chi connectivity index (χ4n) is 1.79. The van der Waals surface area contributed by atoms with Crippen LogP contribution in [0.2, 0.25) is 0 Å². The molecule has 0 unspecified atom stereocenters. The molecule has 0 atom stereocenters. The molecule has 0 aliphatic rings. The van der Waals surface area contributed by atoms with Gasteiger partial charge in [-0.25, -0.2) is 0 Å². The van der Waals surface area contributed by atoms with Gasteiger partial charge in [0.1, 0.15) is 0 Å². The van der Waals surface area contributed by atoms with Crippen molar-refractivity contribution in [2.75, 3.05) is 0 Å². The molecule has 1 aromatic heterocycles. The number of nitrogens with one attached hydrogen (secondary N) is 1. The van der Waals surface area contributed by atoms with Gasteiger partial charge < -0.3 is 0 Å². The maximum Gasteiger partial charge on any atom is 0.0926 e. The molecule has 1 heterocycles. The Morgan fingerprint density at radius 2 is 1.53 bits per heavy atom. The number of nitrogens with zero attached hydrogens (tertiary/aromatic N) is 1. The highest BCUT2D eigenvalue weighted by Crippen LogP contribution is 2.25. The lowest BCUT2D eigenvalue weighted by molar-refractivity contribution is 1.05. The van der Waals surface area contributed by atoms with Crippen LogP contribution in [0.4, 0.5) is 0 Å². The van der Waals surface area contributed by atoms with Crippen LogP contribution in [-0.2, 0) is 0 Å². The Labute approximate surface area is 90.3 Å². The van der Waals surface area contributed by atoms with E-state index in [4.69, 9.17) is 0 Å². The van der Waals surface area contributed by atoms with Gasteiger partial charge in [0.2, 0.25) is 0 Å². The lowest BCUT2D eigenvalue weighted by atomic mass is 9.99. The van der Waals surface area contributed by atoms with Gasteiger partial charge in [0.25, 0.3) is 0 Å². The second kappa shape index (κ2) is 3.54. The van der Waals surface area contributed by atoms with E-state index in [0.717, 1.165) is 11.4 Å². The summed E-state index contributed by atoms with van der Waals surface area (Å²) in [7, 11) is 0. The van der Waals surface area contributed by atoms with Crippen molar-refractivity contribution in [2.24, 2.45) is 0 Å². The lowest BCUT2D eigenvalue weighted by Crippen LogP contribution is -1.88. The van der Waals surface area contributed by atoms with Gasteiger partial charge >= 0.3 is 0 Å². The zero-order chi connectivity index (χ0) is 11.0. The van der Waals surface area contributed by atoms with Crippen molar-refractivity contribution >= 4 is 0 Å². The van der Waals surface area contributed by atoms with Crippen LogP contribution in [0.25, 0.3) is 11.3 Å². The van der Waals surface area contributed by atoms with Crippen LogP contribution in [0.3, 0.4) is 0 Å². The molecule has 2 aromatic rings. The normalized spacial score (nSPS) is 10.7. The highest BCUT2D eigenvalue weighted by Gasteiger charge is 2.06. The molecule has 2 nitrogen and oxygen atoms in total. The molecule has 1 N–H and O–H groups in total. The summed E-state index contributed by atoms with van der Waals surface area (Å²) in [5.74, 6) is 0. The van der Waals surface area contributed by atoms with Gasteiger partial charge in [0, 0.05) is 11.3 Å². The topological polar surface area (TPSA) is 28.7 Å². The Morgan fingerprint density at radius 1 is 0.867 bits per heavy atom. The van der Waals surface area contributed by atoms with Crippen LogP contribution < -0.4 is 0 Å². The molecule has 0 saturated heterocycles. The van der Waals surface area contributed by atoms with Crippen LogP contribution in [-0.4, -0.2) is 10.2 Å². The average Bonchev–Trinajstić information content (AvgIpc) is 2.58. The fourth-order valence-corrected chi connectivity index (χ4v) is 1.79. The van der Waals surface area contributed by atoms with Gasteiger partial charge in [0.15, 0.2) is 0 Å². The van der Waals surface area contributed by atoms with E-state index < -0.39 is 0 Å². The molecule has 0 aliphatic carbocycles. The number of aromatic amines is 1. The summed E-state index contributed by atoms with van der Waals surface area (Å²) in [6.07, 6.45) is 0. The summed E-state index contributed by atoms with van der Waals surface area (Å²) in [5, 5.41) is 7.27. The van der Waals surface area contributed by atoms with Crippen molar-refractivity contribution in [2.45, 2.75) is 27.7 Å². The molecule has 2 rings (SSSR count). The van der Waals surface area contributed by atoms with Gasteiger partial charge in [-0.15, -0.1) is 0 Å². The zero-order valence-corrected chi connectivity index (χ0v) is 9.68. The molecule has 0 amide bonds. The maximum absolute atomic E-state index is 4.29. The number of aryl methyl sites for hydroxylation is 4. The summed E-state index contributed by atoms with van der Waals surface area (Å²) in [5.41, 5.74) is 7.29. The predicted octanol–water partition coefficient (Wildman–Crippen LogP) is 3.31. The van der Waals surface area contributed by atoms with Crippen LogP contribution >= 0.6 is 0 Å². The minimum Gasteiger partial charge on any atom is -0.282 e. The molecule has 0 bridgehead atoms. The molecule has 0 spiro atoms. The molecule has 0 fully saturated rings. The number of rotatable bonds is 1. The van der Waals surface area contributed by atoms with Gasteiger partial charge in [-0.2, -0.15) is 5.10 Å². The molecule has 2 heteroatoms. The Bertz CT molecular complexity index is 495. The number of benzene rings is 1. The third-order valence-corrected chi connectivity index (χ3v) is 2.82. The van der Waals surface area contributed by atoms with Crippen molar-refractivity contribution < 1.29 is 0 Å². The molecule has 0 saturated carbocycles. The first-order valence-electron chi connectivity index (χ1n) is 5.18. The number of H-pyrrole nitrogens is 1. The monoisotopic (exact) mass is 200 g/mol. The van der Waals surface area contributed by atoms with Crippen molar-refractivity contribution in [3.05, 3.63) is 40.6 Å². The van der Waals surface area contributed by atoms with Crippen LogP contribution in [0.15, 0.2) is 18.2 Å². The summed E-state index contributed by atoms with van der Waals surface area (Å²) in [6.45, 7) is 8.43. The quantitative estimate of drug-likeness (QED) is 0.751. The largest absolute Gasteiger partial charge is 0.282 e. The standard InChI is InChI=1S/C13H16N2/c1-8-5-10(3)12(6-9(8)2)13-7-11(4)14-15-13/h5-7H,1-4H3,(H,14,15). The summed E-state index contributed by atoms with van der Waals surface area (Å²) in [4.78, 5) is 0. The summed E-state index contributed by atoms with van der Waals surface area (Å²) >= 11 is 0. The minimum atomic E-state index is 1.04. The van der Waals surface area contributed by atoms with Crippen molar-refractivity contribution in [1.82, 2.24) is 10.2 Å². The summed E-state index contributed by atoms with van der Waals surface area (Å²) < 4.78 is 0. The van der Waals surface area contributed by atoms with E-state index >= 15 is 0 Å². The molecule has 0 aliphatic heterocycles. The van der Waals surface area contributed by atoms with Crippen molar-refractivity contribution in [3.63, 3.8) is 0 Å². The number of hydrogen-bond donors (Lipinski definition) is 1. The molecule has 1 aromatic carbocycles. The Hall–Kier alpha value is -1.57. The van der Waals surface area contributed by atoms with Crippen LogP contribution in [0, 0.1) is 27.7 Å². The van der Waals surface area contributed by atoms with E-state index in [-0.39, 0.29) is 0 Å². The van der Waals surface area contributed by atoms with Gasteiger partial charge in [-0.1, -0.05) is 6.07 Å². The molecule has 0 radical (unpaired) electrons. The number of hydrogen-bond acceptors (Lipinski definition) is 1. The van der Waals surface area contributed by atoms with E-state index in [1.807, 2.05) is 6.92 Å². The third-order valence-electron chi connectivity index (χ3n) is 2.82. The van der Waals surface area contributed by atoms with E-state index in [9.17, 15) is 0 Å². The predicted molar refractivity (Wildman–Crippen MR) is 63.0 cm³/mol. The highest BCUT2D eigenvalue weighted by molar-refractivity contribution is 5.65. The molecule has 78 valence electrons. The van der Waals surface area contributed by atoms with Gasteiger partial charge in [-0.3, -0.25) is 5.10 Å². The van der Waals surface area contributed by atoms with Gasteiger partial charge in [0.05, 0.1) is 5.69 Å². The van der Waals surface area contributed by atoms with E-state index in [1.54, 1.807) is 0 Å². The Balaban J connectivity index is 2.58.